The molecule has 250 valence electrons. The predicted molar refractivity (Wildman–Crippen MR) is 155 cm³/mol. The summed E-state index contributed by atoms with van der Waals surface area (Å²) in [5.41, 5.74) is 12.3. The maximum Gasteiger partial charge on any atom is 0.245 e. The summed E-state index contributed by atoms with van der Waals surface area (Å²) < 4.78 is 5.68. The Bertz CT molecular complexity index is 1210. The van der Waals surface area contributed by atoms with E-state index in [9.17, 15) is 44.7 Å². The Labute approximate surface area is 258 Å². The van der Waals surface area contributed by atoms with Crippen LogP contribution in [0.4, 0.5) is 0 Å². The van der Waals surface area contributed by atoms with Crippen molar-refractivity contribution < 1.29 is 54.6 Å². The first kappa shape index (κ1) is 35.7. The Kier molecular flexibility index (Phi) is 12.7. The Morgan fingerprint density at radius 2 is 1.76 bits per heavy atom. The monoisotopic (exact) mass is 639 g/mol. The fourth-order valence-electron chi connectivity index (χ4n) is 5.17. The lowest BCUT2D eigenvalue weighted by molar-refractivity contribution is -0.262. The Morgan fingerprint density at radius 1 is 1.09 bits per heavy atom. The molecule has 0 aliphatic carbocycles. The number of benzene rings is 1. The first-order valence-corrected chi connectivity index (χ1v) is 14.2. The van der Waals surface area contributed by atoms with Gasteiger partial charge in [0.2, 0.25) is 17.7 Å². The average molecular weight is 640 g/mol. The Balaban J connectivity index is 1.95. The molecule has 0 saturated carbocycles. The van der Waals surface area contributed by atoms with Crippen LogP contribution in [0.25, 0.3) is 0 Å². The fourth-order valence-corrected chi connectivity index (χ4v) is 5.17. The van der Waals surface area contributed by atoms with Crippen molar-refractivity contribution in [1.29, 1.82) is 0 Å². The normalized spacial score (nSPS) is 27.5. The standard InChI is InChI=1S/C27H41N7O11/c1-13(14-5-3-2-4-6-14)17(11-37)33(20(39)8-30-25(44)16(10-36)32-24(43)15(28)9-35)19-7-31-27(29)34(19)26-23(42)22(41)21(40)18(12-38)45-26/h2-6,11,13,15-19,21-23,26,35-36,38,40-42H,7-10,12,28H2,1H3,(H2,29,31)(H,30,44)(H,32,43)/t13?,15-,16-,17+,18?,19?,21?,22?,23?,26?/m0/s1. The second-order valence-corrected chi connectivity index (χ2v) is 10.7. The van der Waals surface area contributed by atoms with Crippen molar-refractivity contribution in [2.45, 2.75) is 67.8 Å². The minimum Gasteiger partial charge on any atom is -0.394 e. The number of aliphatic hydroxyl groups excluding tert-OH is 6. The van der Waals surface area contributed by atoms with Gasteiger partial charge in [-0.2, -0.15) is 0 Å². The fraction of sp³-hybridized carbons (Fsp3) is 0.593. The van der Waals surface area contributed by atoms with Gasteiger partial charge in [0, 0.05) is 5.92 Å². The number of amides is 3. The molecule has 18 nitrogen and oxygen atoms in total. The molecule has 1 aromatic carbocycles. The molecule has 45 heavy (non-hydrogen) atoms. The third kappa shape index (κ3) is 7.92. The topological polar surface area (TPSA) is 294 Å². The molecule has 0 aromatic heterocycles. The van der Waals surface area contributed by atoms with Gasteiger partial charge in [-0.1, -0.05) is 37.3 Å². The molecule has 3 amide bonds. The quantitative estimate of drug-likeness (QED) is 0.0848. The van der Waals surface area contributed by atoms with Gasteiger partial charge in [-0.05, 0) is 5.56 Å². The molecular formula is C27H41N7O11. The Hall–Kier alpha value is -3.75. The summed E-state index contributed by atoms with van der Waals surface area (Å²) in [6.07, 6.45) is -8.83. The van der Waals surface area contributed by atoms with E-state index in [4.69, 9.17) is 21.3 Å². The third-order valence-electron chi connectivity index (χ3n) is 7.81. The second-order valence-electron chi connectivity index (χ2n) is 10.7. The van der Waals surface area contributed by atoms with Gasteiger partial charge in [0.25, 0.3) is 0 Å². The summed E-state index contributed by atoms with van der Waals surface area (Å²) in [4.78, 5) is 57.8. The smallest absolute Gasteiger partial charge is 0.245 e. The molecule has 1 fully saturated rings. The van der Waals surface area contributed by atoms with Crippen molar-refractivity contribution in [1.82, 2.24) is 20.4 Å². The molecule has 7 unspecified atom stereocenters. The van der Waals surface area contributed by atoms with E-state index in [2.05, 4.69) is 15.6 Å². The number of hydrogen-bond donors (Lipinski definition) is 10. The highest BCUT2D eigenvalue weighted by Crippen LogP contribution is 2.31. The lowest BCUT2D eigenvalue weighted by Crippen LogP contribution is -2.69. The highest BCUT2D eigenvalue weighted by Gasteiger charge is 2.51. The number of rotatable bonds is 14. The largest absolute Gasteiger partial charge is 0.394 e. The third-order valence-corrected chi connectivity index (χ3v) is 7.81. The second kappa shape index (κ2) is 16.0. The number of guanidine groups is 1. The van der Waals surface area contributed by atoms with E-state index < -0.39 is 105 Å². The molecule has 0 radical (unpaired) electrons. The van der Waals surface area contributed by atoms with Gasteiger partial charge in [-0.3, -0.25) is 19.3 Å². The molecule has 1 aromatic rings. The molecule has 12 N–H and O–H groups in total. The number of nitrogens with zero attached hydrogens (tertiary/aromatic N) is 3. The van der Waals surface area contributed by atoms with Gasteiger partial charge in [-0.15, -0.1) is 0 Å². The van der Waals surface area contributed by atoms with Gasteiger partial charge in [0.05, 0.1) is 39.0 Å². The van der Waals surface area contributed by atoms with Crippen LogP contribution < -0.4 is 22.1 Å². The zero-order chi connectivity index (χ0) is 33.4. The van der Waals surface area contributed by atoms with Gasteiger partial charge < -0.3 is 67.2 Å². The number of aliphatic imine (C=N–C) groups is 1. The summed E-state index contributed by atoms with van der Waals surface area (Å²) in [6, 6.07) is 4.62. The summed E-state index contributed by atoms with van der Waals surface area (Å²) in [6.45, 7) is -1.62. The molecule has 2 aliphatic heterocycles. The van der Waals surface area contributed by atoms with Crippen LogP contribution >= 0.6 is 0 Å². The number of nitrogens with one attached hydrogen (secondary N) is 2. The molecule has 2 heterocycles. The molecule has 10 atom stereocenters. The molecule has 0 bridgehead atoms. The number of aliphatic hydroxyl groups is 6. The average Bonchev–Trinajstić information content (AvgIpc) is 3.43. The summed E-state index contributed by atoms with van der Waals surface area (Å²) in [7, 11) is 0. The first-order valence-electron chi connectivity index (χ1n) is 14.2. The molecule has 2 aliphatic rings. The number of nitrogens with two attached hydrogens (primary N) is 2. The highest BCUT2D eigenvalue weighted by molar-refractivity contribution is 5.92. The van der Waals surface area contributed by atoms with Gasteiger partial charge >= 0.3 is 0 Å². The van der Waals surface area contributed by atoms with Crippen LogP contribution in [0.3, 0.4) is 0 Å². The zero-order valence-corrected chi connectivity index (χ0v) is 24.5. The molecule has 0 spiro atoms. The zero-order valence-electron chi connectivity index (χ0n) is 24.5. The van der Waals surface area contributed by atoms with E-state index in [1.165, 1.54) is 0 Å². The number of aldehydes is 1. The van der Waals surface area contributed by atoms with Crippen LogP contribution in [-0.4, -0.2) is 158 Å². The van der Waals surface area contributed by atoms with Crippen molar-refractivity contribution in [2.75, 3.05) is 32.9 Å². The lowest BCUT2D eigenvalue weighted by Gasteiger charge is -2.48. The molecule has 3 rings (SSSR count). The van der Waals surface area contributed by atoms with Crippen LogP contribution in [0.5, 0.6) is 0 Å². The lowest BCUT2D eigenvalue weighted by atomic mass is 9.92. The Morgan fingerprint density at radius 3 is 2.33 bits per heavy atom. The summed E-state index contributed by atoms with van der Waals surface area (Å²) in [5.74, 6) is -3.62. The molecule has 18 heteroatoms. The number of carbonyl (C=O) groups excluding carboxylic acids is 4. The summed E-state index contributed by atoms with van der Waals surface area (Å²) >= 11 is 0. The van der Waals surface area contributed by atoms with Crippen LogP contribution in [0.1, 0.15) is 18.4 Å². The van der Waals surface area contributed by atoms with Crippen LogP contribution in [0.2, 0.25) is 0 Å². The highest BCUT2D eigenvalue weighted by atomic mass is 16.6. The van der Waals surface area contributed by atoms with Gasteiger partial charge in [0.1, 0.15) is 49.0 Å². The minimum atomic E-state index is -1.80. The maximum absolute atomic E-state index is 13.9. The van der Waals surface area contributed by atoms with Crippen molar-refractivity contribution in [3.63, 3.8) is 0 Å². The first-order chi connectivity index (χ1) is 21.4. The SMILES string of the molecule is CC(c1ccccc1)[C@@H](C=O)N(C(=O)CNC(=O)[C@H](CO)NC(=O)[C@@H](N)CO)C1CN=C(N)N1C1OC(CO)C(O)C(O)C1O. The van der Waals surface area contributed by atoms with Crippen molar-refractivity contribution in [3.8, 4) is 0 Å². The van der Waals surface area contributed by atoms with E-state index in [0.29, 0.717) is 11.8 Å². The van der Waals surface area contributed by atoms with E-state index in [0.717, 1.165) is 9.80 Å². The number of ether oxygens (including phenoxy) is 1. The van der Waals surface area contributed by atoms with Gasteiger partial charge in [0.15, 0.2) is 12.2 Å². The molecule has 1 saturated heterocycles. The maximum atomic E-state index is 13.9. The number of hydrogen-bond acceptors (Lipinski definition) is 15. The summed E-state index contributed by atoms with van der Waals surface area (Å²) in [5, 5.41) is 64.4. The predicted octanol–water partition coefficient (Wildman–Crippen LogP) is -6.14. The van der Waals surface area contributed by atoms with Crippen LogP contribution in [0, 0.1) is 0 Å². The van der Waals surface area contributed by atoms with E-state index >= 15 is 0 Å². The van der Waals surface area contributed by atoms with Crippen molar-refractivity contribution >= 4 is 30.0 Å². The van der Waals surface area contributed by atoms with E-state index in [1.54, 1.807) is 37.3 Å². The van der Waals surface area contributed by atoms with Crippen LogP contribution in [0.15, 0.2) is 35.3 Å². The van der Waals surface area contributed by atoms with Gasteiger partial charge in [-0.25, -0.2) is 4.99 Å². The molecular weight excluding hydrogens is 598 g/mol. The van der Waals surface area contributed by atoms with E-state index in [-0.39, 0.29) is 12.5 Å². The minimum absolute atomic E-state index is 0.235. The van der Waals surface area contributed by atoms with Crippen molar-refractivity contribution in [2.24, 2.45) is 16.5 Å². The number of carbonyl (C=O) groups is 4. The van der Waals surface area contributed by atoms with E-state index in [1.807, 2.05) is 0 Å². The van der Waals surface area contributed by atoms with Crippen LogP contribution in [-0.2, 0) is 23.9 Å². The van der Waals surface area contributed by atoms with Crippen molar-refractivity contribution in [3.05, 3.63) is 35.9 Å².